The first-order chi connectivity index (χ1) is 12.5. The minimum Gasteiger partial charge on any atom is -0.349 e. The van der Waals surface area contributed by atoms with Crippen molar-refractivity contribution in [3.8, 4) is 0 Å². The third-order valence-electron chi connectivity index (χ3n) is 4.83. The topological polar surface area (TPSA) is 49.4 Å². The van der Waals surface area contributed by atoms with Crippen molar-refractivity contribution in [2.75, 3.05) is 13.1 Å². The Bertz CT molecular complexity index is 779. The van der Waals surface area contributed by atoms with Crippen molar-refractivity contribution in [3.05, 3.63) is 71.5 Å². The summed E-state index contributed by atoms with van der Waals surface area (Å²) < 4.78 is 13.8. The number of likely N-dealkylation sites (tertiary alicyclic amines) is 1. The van der Waals surface area contributed by atoms with Gasteiger partial charge in [0.05, 0.1) is 12.0 Å². The van der Waals surface area contributed by atoms with Gasteiger partial charge in [-0.25, -0.2) is 4.39 Å². The smallest absolute Gasteiger partial charge is 0.225 e. The third kappa shape index (κ3) is 4.28. The highest BCUT2D eigenvalue weighted by atomic mass is 19.1. The number of nitrogens with zero attached hydrogens (tertiary/aromatic N) is 1. The molecule has 0 aromatic heterocycles. The SMILES string of the molecule is C[C@H](NC(=O)[C@@H]1CC(=O)N(CCc2ccccc2)C1)c1ccccc1F. The maximum atomic E-state index is 13.8. The quantitative estimate of drug-likeness (QED) is 0.867. The summed E-state index contributed by atoms with van der Waals surface area (Å²) in [5.41, 5.74) is 1.62. The molecule has 0 bridgehead atoms. The van der Waals surface area contributed by atoms with Crippen molar-refractivity contribution in [3.63, 3.8) is 0 Å². The minimum atomic E-state index is -0.433. The number of halogens is 1. The van der Waals surface area contributed by atoms with Gasteiger partial charge in [0.25, 0.3) is 0 Å². The van der Waals surface area contributed by atoms with Crippen molar-refractivity contribution in [1.82, 2.24) is 10.2 Å². The van der Waals surface area contributed by atoms with Crippen LogP contribution in [0.4, 0.5) is 4.39 Å². The van der Waals surface area contributed by atoms with Gasteiger partial charge in [-0.2, -0.15) is 0 Å². The van der Waals surface area contributed by atoms with Crippen LogP contribution in [0.25, 0.3) is 0 Å². The summed E-state index contributed by atoms with van der Waals surface area (Å²) in [6, 6.07) is 15.9. The maximum Gasteiger partial charge on any atom is 0.225 e. The molecule has 0 aliphatic carbocycles. The average molecular weight is 354 g/mol. The van der Waals surface area contributed by atoms with Crippen molar-refractivity contribution in [2.45, 2.75) is 25.8 Å². The highest BCUT2D eigenvalue weighted by Crippen LogP contribution is 2.21. The van der Waals surface area contributed by atoms with Crippen LogP contribution in [0.2, 0.25) is 0 Å². The number of nitrogens with one attached hydrogen (secondary N) is 1. The number of amides is 2. The molecule has 0 unspecified atom stereocenters. The molecule has 4 nitrogen and oxygen atoms in total. The lowest BCUT2D eigenvalue weighted by Gasteiger charge is -2.19. The zero-order chi connectivity index (χ0) is 18.5. The number of hydrogen-bond donors (Lipinski definition) is 1. The number of rotatable bonds is 6. The van der Waals surface area contributed by atoms with E-state index in [2.05, 4.69) is 5.32 Å². The van der Waals surface area contributed by atoms with E-state index < -0.39 is 6.04 Å². The Morgan fingerprint density at radius 1 is 1.19 bits per heavy atom. The van der Waals surface area contributed by atoms with E-state index in [9.17, 15) is 14.0 Å². The molecule has 5 heteroatoms. The van der Waals surface area contributed by atoms with Crippen molar-refractivity contribution in [1.29, 1.82) is 0 Å². The zero-order valence-corrected chi connectivity index (χ0v) is 14.8. The van der Waals surface area contributed by atoms with Crippen LogP contribution in [0, 0.1) is 11.7 Å². The van der Waals surface area contributed by atoms with E-state index in [1.54, 1.807) is 30.0 Å². The van der Waals surface area contributed by atoms with Gasteiger partial charge in [0.15, 0.2) is 0 Å². The number of carbonyl (C=O) groups is 2. The van der Waals surface area contributed by atoms with E-state index in [4.69, 9.17) is 0 Å². The Kier molecular flexibility index (Phi) is 5.66. The summed E-state index contributed by atoms with van der Waals surface area (Å²) in [6.45, 7) is 2.78. The van der Waals surface area contributed by atoms with Gasteiger partial charge in [-0.05, 0) is 25.0 Å². The summed E-state index contributed by atoms with van der Waals surface area (Å²) in [4.78, 5) is 26.4. The Balaban J connectivity index is 1.54. The van der Waals surface area contributed by atoms with Crippen molar-refractivity contribution >= 4 is 11.8 Å². The molecule has 26 heavy (non-hydrogen) atoms. The standard InChI is InChI=1S/C21H23FN2O2/c1-15(18-9-5-6-10-19(18)22)23-21(26)17-13-20(25)24(14-17)12-11-16-7-3-2-4-8-16/h2-10,15,17H,11-14H2,1H3,(H,23,26)/t15-,17+/m0/s1. The Hall–Kier alpha value is -2.69. The van der Waals surface area contributed by atoms with Gasteiger partial charge in [-0.1, -0.05) is 48.5 Å². The van der Waals surface area contributed by atoms with Crippen molar-refractivity contribution < 1.29 is 14.0 Å². The Labute approximate surface area is 153 Å². The second-order valence-corrected chi connectivity index (χ2v) is 6.73. The minimum absolute atomic E-state index is 0.000346. The number of benzene rings is 2. The van der Waals surface area contributed by atoms with Gasteiger partial charge in [0.2, 0.25) is 11.8 Å². The van der Waals surface area contributed by atoms with Crippen molar-refractivity contribution in [2.24, 2.45) is 5.92 Å². The fraction of sp³-hybridized carbons (Fsp3) is 0.333. The molecule has 1 aliphatic heterocycles. The fourth-order valence-corrected chi connectivity index (χ4v) is 3.31. The molecule has 1 N–H and O–H groups in total. The molecular formula is C21H23FN2O2. The van der Waals surface area contributed by atoms with Crippen LogP contribution in [0.3, 0.4) is 0 Å². The molecule has 1 aliphatic rings. The zero-order valence-electron chi connectivity index (χ0n) is 14.8. The lowest BCUT2D eigenvalue weighted by Crippen LogP contribution is -2.35. The van der Waals surface area contributed by atoms with Crippen LogP contribution in [-0.2, 0) is 16.0 Å². The fourth-order valence-electron chi connectivity index (χ4n) is 3.31. The third-order valence-corrected chi connectivity index (χ3v) is 4.83. The van der Waals surface area contributed by atoms with E-state index in [1.807, 2.05) is 30.3 Å². The van der Waals surface area contributed by atoms with E-state index >= 15 is 0 Å². The van der Waals surface area contributed by atoms with Gasteiger partial charge in [0.1, 0.15) is 5.82 Å². The van der Waals surface area contributed by atoms with Crippen LogP contribution < -0.4 is 5.32 Å². The Morgan fingerprint density at radius 3 is 2.62 bits per heavy atom. The lowest BCUT2D eigenvalue weighted by molar-refractivity contribution is -0.129. The molecular weight excluding hydrogens is 331 g/mol. The van der Waals surface area contributed by atoms with Crippen LogP contribution in [0.15, 0.2) is 54.6 Å². The first kappa shape index (κ1) is 18.1. The lowest BCUT2D eigenvalue weighted by atomic mass is 10.0. The van der Waals surface area contributed by atoms with Crippen LogP contribution in [-0.4, -0.2) is 29.8 Å². The van der Waals surface area contributed by atoms with Gasteiger partial charge in [-0.3, -0.25) is 9.59 Å². The molecule has 1 fully saturated rings. The molecule has 2 atom stereocenters. The Morgan fingerprint density at radius 2 is 1.88 bits per heavy atom. The van der Waals surface area contributed by atoms with Crippen LogP contribution >= 0.6 is 0 Å². The molecule has 1 saturated heterocycles. The summed E-state index contributed by atoms with van der Waals surface area (Å²) in [6.07, 6.45) is 0.983. The van der Waals surface area contributed by atoms with Gasteiger partial charge < -0.3 is 10.2 Å². The molecule has 2 amide bonds. The summed E-state index contributed by atoms with van der Waals surface area (Å²) in [5, 5.41) is 2.84. The second-order valence-electron chi connectivity index (χ2n) is 6.73. The van der Waals surface area contributed by atoms with E-state index in [0.717, 1.165) is 6.42 Å². The normalized spacial score (nSPS) is 18.0. The van der Waals surface area contributed by atoms with Crippen LogP contribution in [0.5, 0.6) is 0 Å². The van der Waals surface area contributed by atoms with Gasteiger partial charge >= 0.3 is 0 Å². The molecule has 0 radical (unpaired) electrons. The first-order valence-electron chi connectivity index (χ1n) is 8.91. The monoisotopic (exact) mass is 354 g/mol. The largest absolute Gasteiger partial charge is 0.349 e. The van der Waals surface area contributed by atoms with E-state index in [1.165, 1.54) is 11.6 Å². The predicted octanol–water partition coefficient (Wildman–Crippen LogP) is 3.09. The summed E-state index contributed by atoms with van der Waals surface area (Å²) >= 11 is 0. The average Bonchev–Trinajstić information content (AvgIpc) is 3.02. The highest BCUT2D eigenvalue weighted by molar-refractivity contribution is 5.89. The van der Waals surface area contributed by atoms with Gasteiger partial charge in [0, 0.05) is 25.1 Å². The number of hydrogen-bond acceptors (Lipinski definition) is 2. The molecule has 136 valence electrons. The van der Waals surface area contributed by atoms with E-state index in [-0.39, 0.29) is 30.0 Å². The van der Waals surface area contributed by atoms with Crippen LogP contribution in [0.1, 0.15) is 30.5 Å². The molecule has 0 saturated carbocycles. The predicted molar refractivity (Wildman–Crippen MR) is 97.8 cm³/mol. The summed E-state index contributed by atoms with van der Waals surface area (Å²) in [7, 11) is 0. The summed E-state index contributed by atoms with van der Waals surface area (Å²) in [5.74, 6) is -0.921. The second kappa shape index (κ2) is 8.13. The molecule has 2 aromatic rings. The number of carbonyl (C=O) groups excluding carboxylic acids is 2. The molecule has 2 aromatic carbocycles. The molecule has 1 heterocycles. The van der Waals surface area contributed by atoms with E-state index in [0.29, 0.717) is 18.7 Å². The molecule has 3 rings (SSSR count). The first-order valence-corrected chi connectivity index (χ1v) is 8.91. The highest BCUT2D eigenvalue weighted by Gasteiger charge is 2.34. The maximum absolute atomic E-state index is 13.8. The molecule has 0 spiro atoms. The van der Waals surface area contributed by atoms with Gasteiger partial charge in [-0.15, -0.1) is 0 Å².